The van der Waals surface area contributed by atoms with Crippen LogP contribution in [0.3, 0.4) is 0 Å². The number of thiocarbonyl (C=S) groups is 1. The maximum absolute atomic E-state index is 5.97. The molecule has 0 aromatic heterocycles. The topological polar surface area (TPSA) is 35.2 Å². The van der Waals surface area contributed by atoms with Gasteiger partial charge in [0.2, 0.25) is 0 Å². The summed E-state index contributed by atoms with van der Waals surface area (Å²) in [4.78, 5) is 1.35. The van der Waals surface area contributed by atoms with Crippen molar-refractivity contribution >= 4 is 44.9 Å². The number of ether oxygens (including phenoxy) is 1. The third kappa shape index (κ3) is 3.34. The highest BCUT2D eigenvalue weighted by Crippen LogP contribution is 2.35. The molecule has 0 fully saturated rings. The van der Waals surface area contributed by atoms with Gasteiger partial charge in [-0.25, -0.2) is 0 Å². The molecule has 0 spiro atoms. The Bertz CT molecular complexity index is 658. The van der Waals surface area contributed by atoms with Crippen LogP contribution in [0.5, 0.6) is 11.5 Å². The van der Waals surface area contributed by atoms with Crippen LogP contribution in [0.4, 0.5) is 0 Å². The molecule has 0 amide bonds. The first kappa shape index (κ1) is 15.4. The van der Waals surface area contributed by atoms with Crippen LogP contribution >= 0.6 is 39.9 Å². The van der Waals surface area contributed by atoms with Crippen molar-refractivity contribution in [3.63, 3.8) is 0 Å². The molecule has 2 aromatic carbocycles. The lowest BCUT2D eigenvalue weighted by Crippen LogP contribution is -2.12. The Kier molecular flexibility index (Phi) is 5.07. The van der Waals surface area contributed by atoms with E-state index in [1.54, 1.807) is 11.8 Å². The lowest BCUT2D eigenvalue weighted by atomic mass is 10.2. The van der Waals surface area contributed by atoms with Crippen LogP contribution < -0.4 is 10.5 Å². The quantitative estimate of drug-likeness (QED) is 0.615. The standard InChI is InChI=1S/C15H14BrNOS2/c1-9-6-7-11(10(16)8-9)18-12-4-3-5-13(20-2)14(12)15(17)19/h3-8H,1-2H3,(H2,17,19). The summed E-state index contributed by atoms with van der Waals surface area (Å²) in [6.45, 7) is 2.03. The number of benzene rings is 2. The third-order valence-electron chi connectivity index (χ3n) is 2.76. The monoisotopic (exact) mass is 367 g/mol. The summed E-state index contributed by atoms with van der Waals surface area (Å²) in [5.41, 5.74) is 7.78. The minimum atomic E-state index is 0.341. The smallest absolute Gasteiger partial charge is 0.141 e. The van der Waals surface area contributed by atoms with E-state index in [1.807, 2.05) is 49.6 Å². The van der Waals surface area contributed by atoms with Crippen molar-refractivity contribution in [2.45, 2.75) is 11.8 Å². The van der Waals surface area contributed by atoms with Crippen molar-refractivity contribution in [2.24, 2.45) is 5.73 Å². The van der Waals surface area contributed by atoms with Gasteiger partial charge in [0.05, 0.1) is 10.0 Å². The van der Waals surface area contributed by atoms with E-state index in [-0.39, 0.29) is 0 Å². The van der Waals surface area contributed by atoms with Crippen LogP contribution in [0.15, 0.2) is 45.8 Å². The predicted molar refractivity (Wildman–Crippen MR) is 93.1 cm³/mol. The van der Waals surface area contributed by atoms with Crippen molar-refractivity contribution in [2.75, 3.05) is 6.26 Å². The fraction of sp³-hybridized carbons (Fsp3) is 0.133. The van der Waals surface area contributed by atoms with Gasteiger partial charge in [-0.2, -0.15) is 0 Å². The molecule has 0 heterocycles. The summed E-state index contributed by atoms with van der Waals surface area (Å²) in [7, 11) is 0. The van der Waals surface area contributed by atoms with Gasteiger partial charge in [-0.15, -0.1) is 11.8 Å². The molecule has 0 unspecified atom stereocenters. The van der Waals surface area contributed by atoms with Gasteiger partial charge in [0, 0.05) is 4.90 Å². The molecule has 0 saturated heterocycles. The Balaban J connectivity index is 2.45. The van der Waals surface area contributed by atoms with Crippen molar-refractivity contribution in [1.29, 1.82) is 0 Å². The average molecular weight is 368 g/mol. The number of aryl methyl sites for hydroxylation is 1. The zero-order chi connectivity index (χ0) is 14.7. The van der Waals surface area contributed by atoms with Gasteiger partial charge < -0.3 is 10.5 Å². The molecule has 0 aliphatic rings. The highest BCUT2D eigenvalue weighted by molar-refractivity contribution is 9.10. The fourth-order valence-corrected chi connectivity index (χ4v) is 3.29. The van der Waals surface area contributed by atoms with Crippen LogP contribution in [0.25, 0.3) is 0 Å². The summed E-state index contributed by atoms with van der Waals surface area (Å²) in [5.74, 6) is 1.42. The van der Waals surface area contributed by atoms with Crippen LogP contribution in [0.1, 0.15) is 11.1 Å². The minimum Gasteiger partial charge on any atom is -0.455 e. The molecule has 0 saturated carbocycles. The van der Waals surface area contributed by atoms with E-state index in [9.17, 15) is 0 Å². The SMILES string of the molecule is CSc1cccc(Oc2ccc(C)cc2Br)c1C(N)=S. The molecule has 104 valence electrons. The lowest BCUT2D eigenvalue weighted by Gasteiger charge is -2.14. The second kappa shape index (κ2) is 6.61. The normalized spacial score (nSPS) is 10.3. The van der Waals surface area contributed by atoms with Crippen molar-refractivity contribution in [1.82, 2.24) is 0 Å². The lowest BCUT2D eigenvalue weighted by molar-refractivity contribution is 0.477. The molecule has 5 heteroatoms. The zero-order valence-corrected chi connectivity index (χ0v) is 14.4. The van der Waals surface area contributed by atoms with Gasteiger partial charge in [-0.05, 0) is 58.9 Å². The summed E-state index contributed by atoms with van der Waals surface area (Å²) in [6.07, 6.45) is 1.99. The van der Waals surface area contributed by atoms with E-state index in [0.717, 1.165) is 26.2 Å². The van der Waals surface area contributed by atoms with Crippen LogP contribution in [-0.2, 0) is 0 Å². The molecule has 2 nitrogen and oxygen atoms in total. The Labute approximate surface area is 136 Å². The average Bonchev–Trinajstić information content (AvgIpc) is 2.41. The highest BCUT2D eigenvalue weighted by Gasteiger charge is 2.13. The first-order valence-electron chi connectivity index (χ1n) is 5.93. The number of hydrogen-bond acceptors (Lipinski definition) is 3. The third-order valence-corrected chi connectivity index (χ3v) is 4.37. The molecule has 0 aliphatic heterocycles. The van der Waals surface area contributed by atoms with E-state index in [2.05, 4.69) is 15.9 Å². The predicted octanol–water partition coefficient (Wildman–Crippen LogP) is 4.91. The van der Waals surface area contributed by atoms with E-state index in [4.69, 9.17) is 22.7 Å². The molecule has 0 radical (unpaired) electrons. The number of nitrogens with two attached hydrogens (primary N) is 1. The van der Waals surface area contributed by atoms with E-state index in [1.165, 1.54) is 0 Å². The van der Waals surface area contributed by atoms with Crippen LogP contribution in [0, 0.1) is 6.92 Å². The fourth-order valence-electron chi connectivity index (χ4n) is 1.82. The second-order valence-electron chi connectivity index (χ2n) is 4.23. The second-order valence-corrected chi connectivity index (χ2v) is 6.38. The molecule has 20 heavy (non-hydrogen) atoms. The van der Waals surface area contributed by atoms with E-state index < -0.39 is 0 Å². The van der Waals surface area contributed by atoms with Gasteiger partial charge in [0.25, 0.3) is 0 Å². The molecule has 0 bridgehead atoms. The van der Waals surface area contributed by atoms with Gasteiger partial charge in [-0.3, -0.25) is 0 Å². The largest absolute Gasteiger partial charge is 0.455 e. The Morgan fingerprint density at radius 2 is 2.00 bits per heavy atom. The summed E-state index contributed by atoms with van der Waals surface area (Å²) in [5, 5.41) is 0. The Morgan fingerprint density at radius 3 is 2.60 bits per heavy atom. The molecule has 2 N–H and O–H groups in total. The van der Waals surface area contributed by atoms with Crippen molar-refractivity contribution < 1.29 is 4.74 Å². The summed E-state index contributed by atoms with van der Waals surface area (Å²) < 4.78 is 6.88. The maximum atomic E-state index is 5.97. The highest BCUT2D eigenvalue weighted by atomic mass is 79.9. The first-order valence-corrected chi connectivity index (χ1v) is 8.36. The first-order chi connectivity index (χ1) is 9.52. The van der Waals surface area contributed by atoms with Gasteiger partial charge in [0.1, 0.15) is 16.5 Å². The molecule has 2 rings (SSSR count). The molecular formula is C15H14BrNOS2. The summed E-state index contributed by atoms with van der Waals surface area (Å²) in [6, 6.07) is 11.7. The van der Waals surface area contributed by atoms with Gasteiger partial charge in [-0.1, -0.05) is 24.4 Å². The van der Waals surface area contributed by atoms with Crippen LogP contribution in [0.2, 0.25) is 0 Å². The number of hydrogen-bond donors (Lipinski definition) is 1. The minimum absolute atomic E-state index is 0.341. The maximum Gasteiger partial charge on any atom is 0.141 e. The Hall–Kier alpha value is -1.04. The molecular weight excluding hydrogens is 354 g/mol. The summed E-state index contributed by atoms with van der Waals surface area (Å²) >= 11 is 10.2. The van der Waals surface area contributed by atoms with Gasteiger partial charge >= 0.3 is 0 Å². The molecule has 2 aromatic rings. The van der Waals surface area contributed by atoms with E-state index >= 15 is 0 Å². The Morgan fingerprint density at radius 1 is 1.25 bits per heavy atom. The zero-order valence-electron chi connectivity index (χ0n) is 11.1. The van der Waals surface area contributed by atoms with Crippen LogP contribution in [-0.4, -0.2) is 11.2 Å². The molecule has 0 atom stereocenters. The number of rotatable bonds is 4. The van der Waals surface area contributed by atoms with Crippen molar-refractivity contribution in [3.8, 4) is 11.5 Å². The molecule has 0 aliphatic carbocycles. The number of thioether (sulfide) groups is 1. The number of halogens is 1. The van der Waals surface area contributed by atoms with Crippen molar-refractivity contribution in [3.05, 3.63) is 52.0 Å². The van der Waals surface area contributed by atoms with E-state index in [0.29, 0.717) is 10.7 Å². The van der Waals surface area contributed by atoms with Gasteiger partial charge in [0.15, 0.2) is 0 Å².